The Balaban J connectivity index is 1.63. The first-order valence-electron chi connectivity index (χ1n) is 8.31. The lowest BCUT2D eigenvalue weighted by Crippen LogP contribution is -2.51. The molecule has 1 aliphatic rings. The van der Waals surface area contributed by atoms with Gasteiger partial charge in [-0.25, -0.2) is 12.8 Å². The Kier molecular flexibility index (Phi) is 5.41. The molecule has 0 unspecified atom stereocenters. The van der Waals surface area contributed by atoms with Crippen LogP contribution in [0.15, 0.2) is 59.0 Å². The summed E-state index contributed by atoms with van der Waals surface area (Å²) in [7, 11) is -3.71. The van der Waals surface area contributed by atoms with E-state index in [0.29, 0.717) is 37.4 Å². The van der Waals surface area contributed by atoms with Gasteiger partial charge in [0, 0.05) is 26.2 Å². The molecule has 26 heavy (non-hydrogen) atoms. The van der Waals surface area contributed by atoms with Gasteiger partial charge in [0.2, 0.25) is 5.96 Å². The normalized spacial score (nSPS) is 16.0. The highest BCUT2D eigenvalue weighted by Crippen LogP contribution is 2.20. The molecular formula is C18H21FN4O2S. The number of benzene rings is 2. The van der Waals surface area contributed by atoms with Crippen LogP contribution < -0.4 is 10.6 Å². The van der Waals surface area contributed by atoms with Gasteiger partial charge in [0.1, 0.15) is 5.82 Å². The van der Waals surface area contributed by atoms with Crippen LogP contribution in [0.3, 0.4) is 0 Å². The lowest BCUT2D eigenvalue weighted by Gasteiger charge is -2.36. The van der Waals surface area contributed by atoms with Crippen molar-refractivity contribution >= 4 is 21.7 Å². The molecule has 8 heteroatoms. The van der Waals surface area contributed by atoms with E-state index in [4.69, 9.17) is 5.73 Å². The summed E-state index contributed by atoms with van der Waals surface area (Å²) in [6.45, 7) is 2.03. The maximum Gasteiger partial charge on any atom is 0.260 e. The standard InChI is InChI=1S/C18H21FN4O2S/c19-16-8-4-5-9-17(16)22-10-12-23(13-11-22)18(20)21-26(24,25)14-15-6-2-1-3-7-15/h1-9H,10-14H2,(H2,20,21). The second kappa shape index (κ2) is 7.74. The van der Waals surface area contributed by atoms with Crippen LogP contribution in [0, 0.1) is 5.82 Å². The van der Waals surface area contributed by atoms with Crippen LogP contribution in [-0.2, 0) is 15.8 Å². The molecule has 6 nitrogen and oxygen atoms in total. The lowest BCUT2D eigenvalue weighted by molar-refractivity contribution is 0.380. The number of guanidine groups is 1. The molecule has 1 aliphatic heterocycles. The Bertz CT molecular complexity index is 879. The molecule has 0 amide bonds. The minimum absolute atomic E-state index is 0.0193. The van der Waals surface area contributed by atoms with Crippen molar-refractivity contribution in [3.63, 3.8) is 0 Å². The second-order valence-corrected chi connectivity index (χ2v) is 7.72. The molecule has 2 aromatic rings. The first-order chi connectivity index (χ1) is 12.4. The Morgan fingerprint density at radius 3 is 2.27 bits per heavy atom. The monoisotopic (exact) mass is 376 g/mol. The number of rotatable bonds is 4. The fourth-order valence-electron chi connectivity index (χ4n) is 2.90. The van der Waals surface area contributed by atoms with Gasteiger partial charge in [0.15, 0.2) is 0 Å². The molecule has 3 rings (SSSR count). The Labute approximate surface area is 152 Å². The van der Waals surface area contributed by atoms with E-state index >= 15 is 0 Å². The fraction of sp³-hybridized carbons (Fsp3) is 0.278. The topological polar surface area (TPSA) is 79.0 Å². The summed E-state index contributed by atoms with van der Waals surface area (Å²) in [4.78, 5) is 3.62. The van der Waals surface area contributed by atoms with Crippen LogP contribution in [0.2, 0.25) is 0 Å². The average molecular weight is 376 g/mol. The number of sulfonamides is 1. The predicted molar refractivity (Wildman–Crippen MR) is 101 cm³/mol. The van der Waals surface area contributed by atoms with E-state index in [1.807, 2.05) is 11.0 Å². The van der Waals surface area contributed by atoms with Crippen molar-refractivity contribution in [3.05, 3.63) is 66.0 Å². The van der Waals surface area contributed by atoms with Gasteiger partial charge in [-0.2, -0.15) is 0 Å². The number of nitrogens with two attached hydrogens (primary N) is 1. The molecule has 0 aromatic heterocycles. The number of halogens is 1. The summed E-state index contributed by atoms with van der Waals surface area (Å²) in [5.41, 5.74) is 7.11. The van der Waals surface area contributed by atoms with E-state index in [-0.39, 0.29) is 17.5 Å². The van der Waals surface area contributed by atoms with Gasteiger partial charge in [-0.1, -0.05) is 42.5 Å². The zero-order valence-corrected chi connectivity index (χ0v) is 15.1. The van der Waals surface area contributed by atoms with Crippen molar-refractivity contribution < 1.29 is 12.8 Å². The van der Waals surface area contributed by atoms with Gasteiger partial charge >= 0.3 is 0 Å². The second-order valence-electron chi connectivity index (χ2n) is 6.09. The summed E-state index contributed by atoms with van der Waals surface area (Å²) in [6.07, 6.45) is 0. The van der Waals surface area contributed by atoms with Gasteiger partial charge in [-0.3, -0.25) is 0 Å². The summed E-state index contributed by atoms with van der Waals surface area (Å²) >= 11 is 0. The molecule has 0 radical (unpaired) electrons. The molecule has 0 bridgehead atoms. The largest absolute Gasteiger partial charge is 0.369 e. The van der Waals surface area contributed by atoms with Crippen molar-refractivity contribution in [1.82, 2.24) is 4.90 Å². The summed E-state index contributed by atoms with van der Waals surface area (Å²) in [6, 6.07) is 15.4. The third-order valence-corrected chi connectivity index (χ3v) is 5.38. The number of para-hydroxylation sites is 1. The minimum Gasteiger partial charge on any atom is -0.369 e. The average Bonchev–Trinajstić information content (AvgIpc) is 2.62. The van der Waals surface area contributed by atoms with Crippen molar-refractivity contribution in [2.24, 2.45) is 10.1 Å². The summed E-state index contributed by atoms with van der Waals surface area (Å²) in [5.74, 6) is -0.480. The van der Waals surface area contributed by atoms with Crippen LogP contribution in [0.5, 0.6) is 0 Å². The first kappa shape index (κ1) is 18.2. The van der Waals surface area contributed by atoms with E-state index in [2.05, 4.69) is 4.40 Å². The Morgan fingerprint density at radius 1 is 1.00 bits per heavy atom. The van der Waals surface area contributed by atoms with Crippen molar-refractivity contribution in [2.45, 2.75) is 5.75 Å². The quantitative estimate of drug-likeness (QED) is 0.650. The molecule has 2 N–H and O–H groups in total. The summed E-state index contributed by atoms with van der Waals surface area (Å²) < 4.78 is 42.1. The number of anilines is 1. The van der Waals surface area contributed by atoms with E-state index in [0.717, 1.165) is 0 Å². The molecule has 1 heterocycles. The van der Waals surface area contributed by atoms with Crippen molar-refractivity contribution in [3.8, 4) is 0 Å². The maximum absolute atomic E-state index is 13.9. The molecule has 1 fully saturated rings. The third kappa shape index (κ3) is 4.51. The fourth-order valence-corrected chi connectivity index (χ4v) is 3.98. The molecule has 0 saturated carbocycles. The molecular weight excluding hydrogens is 355 g/mol. The molecule has 0 spiro atoms. The zero-order valence-electron chi connectivity index (χ0n) is 14.3. The first-order valence-corrected chi connectivity index (χ1v) is 9.92. The summed E-state index contributed by atoms with van der Waals surface area (Å²) in [5, 5.41) is 0. The smallest absolute Gasteiger partial charge is 0.260 e. The van der Waals surface area contributed by atoms with E-state index in [1.54, 1.807) is 47.4 Å². The highest BCUT2D eigenvalue weighted by molar-refractivity contribution is 7.89. The highest BCUT2D eigenvalue weighted by atomic mass is 32.2. The predicted octanol–water partition coefficient (Wildman–Crippen LogP) is 1.79. The number of nitrogens with zero attached hydrogens (tertiary/aromatic N) is 3. The Morgan fingerprint density at radius 2 is 1.62 bits per heavy atom. The van der Waals surface area contributed by atoms with Gasteiger partial charge in [0.05, 0.1) is 11.4 Å². The van der Waals surface area contributed by atoms with Gasteiger partial charge < -0.3 is 15.5 Å². The number of piperazine rings is 1. The highest BCUT2D eigenvalue weighted by Gasteiger charge is 2.22. The maximum atomic E-state index is 13.9. The molecule has 138 valence electrons. The molecule has 2 aromatic carbocycles. The number of hydrogen-bond donors (Lipinski definition) is 1. The van der Waals surface area contributed by atoms with Crippen LogP contribution in [0.1, 0.15) is 5.56 Å². The van der Waals surface area contributed by atoms with E-state index in [1.165, 1.54) is 6.07 Å². The molecule has 1 saturated heterocycles. The van der Waals surface area contributed by atoms with Crippen LogP contribution in [0.4, 0.5) is 10.1 Å². The van der Waals surface area contributed by atoms with Crippen molar-refractivity contribution in [1.29, 1.82) is 0 Å². The van der Waals surface area contributed by atoms with Gasteiger partial charge in [-0.05, 0) is 17.7 Å². The zero-order chi connectivity index (χ0) is 18.6. The van der Waals surface area contributed by atoms with Crippen LogP contribution >= 0.6 is 0 Å². The van der Waals surface area contributed by atoms with E-state index < -0.39 is 10.0 Å². The third-order valence-electron chi connectivity index (χ3n) is 4.22. The number of hydrogen-bond acceptors (Lipinski definition) is 3. The van der Waals surface area contributed by atoms with Crippen LogP contribution in [0.25, 0.3) is 0 Å². The van der Waals surface area contributed by atoms with Gasteiger partial charge in [-0.15, -0.1) is 4.40 Å². The molecule has 0 aliphatic carbocycles. The minimum atomic E-state index is -3.71. The lowest BCUT2D eigenvalue weighted by atomic mass is 10.2. The molecule has 0 atom stereocenters. The van der Waals surface area contributed by atoms with Crippen LogP contribution in [-0.4, -0.2) is 45.5 Å². The van der Waals surface area contributed by atoms with Gasteiger partial charge in [0.25, 0.3) is 10.0 Å². The SMILES string of the molecule is NC(=NS(=O)(=O)Cc1ccccc1)N1CCN(c2ccccc2F)CC1. The van der Waals surface area contributed by atoms with E-state index in [9.17, 15) is 12.8 Å². The van der Waals surface area contributed by atoms with Crippen molar-refractivity contribution in [2.75, 3.05) is 31.1 Å². The Hall–Kier alpha value is -2.61.